The van der Waals surface area contributed by atoms with E-state index < -0.39 is 15.9 Å². The third-order valence-electron chi connectivity index (χ3n) is 4.65. The maximum absolute atomic E-state index is 12.3. The molecule has 2 unspecified atom stereocenters. The molecule has 154 valence electrons. The highest BCUT2D eigenvalue weighted by Gasteiger charge is 2.34. The second kappa shape index (κ2) is 9.13. The number of amides is 1. The Hall–Kier alpha value is -2.80. The second-order valence-electron chi connectivity index (χ2n) is 6.95. The zero-order chi connectivity index (χ0) is 20.9. The van der Waals surface area contributed by atoms with Gasteiger partial charge in [0.05, 0.1) is 12.5 Å². The van der Waals surface area contributed by atoms with Gasteiger partial charge in [-0.3, -0.25) is 4.79 Å². The maximum Gasteiger partial charge on any atom is 0.296 e. The smallest absolute Gasteiger partial charge is 0.296 e. The number of hydrogen-bond donors (Lipinski definition) is 1. The van der Waals surface area contributed by atoms with Crippen LogP contribution in [0.2, 0.25) is 0 Å². The van der Waals surface area contributed by atoms with Crippen molar-refractivity contribution < 1.29 is 22.7 Å². The van der Waals surface area contributed by atoms with Crippen molar-refractivity contribution in [3.63, 3.8) is 0 Å². The first-order valence-corrected chi connectivity index (χ1v) is 11.1. The molecule has 29 heavy (non-hydrogen) atoms. The van der Waals surface area contributed by atoms with Crippen LogP contribution in [0.15, 0.2) is 65.8 Å². The van der Waals surface area contributed by atoms with Crippen LogP contribution < -0.4 is 9.46 Å². The van der Waals surface area contributed by atoms with Crippen molar-refractivity contribution in [1.29, 1.82) is 0 Å². The van der Waals surface area contributed by atoms with Gasteiger partial charge in [-0.2, -0.15) is 8.42 Å². The Labute approximate surface area is 171 Å². The van der Waals surface area contributed by atoms with Crippen LogP contribution in [-0.2, 0) is 19.6 Å². The Bertz CT molecular complexity index is 968. The molecule has 0 saturated carbocycles. The lowest BCUT2D eigenvalue weighted by Crippen LogP contribution is -2.31. The molecule has 1 aliphatic heterocycles. The van der Waals surface area contributed by atoms with Crippen molar-refractivity contribution in [3.05, 3.63) is 65.8 Å². The first kappa shape index (κ1) is 20.9. The predicted octanol–water partition coefficient (Wildman–Crippen LogP) is 3.85. The van der Waals surface area contributed by atoms with Crippen LogP contribution in [0.4, 0.5) is 0 Å². The van der Waals surface area contributed by atoms with E-state index in [0.717, 1.165) is 11.1 Å². The van der Waals surface area contributed by atoms with Crippen LogP contribution in [0, 0.1) is 5.92 Å². The molecule has 0 aromatic heterocycles. The van der Waals surface area contributed by atoms with Crippen LogP contribution >= 0.6 is 0 Å². The summed E-state index contributed by atoms with van der Waals surface area (Å²) in [6.07, 6.45) is 1.85. The van der Waals surface area contributed by atoms with Gasteiger partial charge in [0.1, 0.15) is 11.9 Å². The molecule has 0 radical (unpaired) electrons. The normalized spacial score (nSPS) is 18.6. The summed E-state index contributed by atoms with van der Waals surface area (Å²) < 4.78 is 37.9. The number of nitrogens with one attached hydrogen (secondary N) is 1. The van der Waals surface area contributed by atoms with Crippen LogP contribution in [-0.4, -0.2) is 27.0 Å². The molecule has 0 bridgehead atoms. The van der Waals surface area contributed by atoms with Crippen molar-refractivity contribution >= 4 is 15.9 Å². The lowest BCUT2D eigenvalue weighted by molar-refractivity contribution is -0.119. The highest BCUT2D eigenvalue weighted by molar-refractivity contribution is 7.93. The van der Waals surface area contributed by atoms with Gasteiger partial charge in [0.2, 0.25) is 11.0 Å². The van der Waals surface area contributed by atoms with Gasteiger partial charge in [0.25, 0.3) is 10.0 Å². The molecule has 6 nitrogen and oxygen atoms in total. The van der Waals surface area contributed by atoms with Gasteiger partial charge in [-0.15, -0.1) is 0 Å². The number of carbonyl (C=O) groups is 1. The topological polar surface area (TPSA) is 81.7 Å². The van der Waals surface area contributed by atoms with Gasteiger partial charge in [0.15, 0.2) is 0 Å². The molecule has 2 aromatic rings. The van der Waals surface area contributed by atoms with Crippen LogP contribution in [0.5, 0.6) is 5.75 Å². The van der Waals surface area contributed by atoms with Crippen LogP contribution in [0.3, 0.4) is 0 Å². The monoisotopic (exact) mass is 415 g/mol. The average Bonchev–Trinajstić information content (AvgIpc) is 3.09. The number of benzene rings is 2. The highest BCUT2D eigenvalue weighted by Crippen LogP contribution is 2.28. The summed E-state index contributed by atoms with van der Waals surface area (Å²) in [5.41, 5.74) is 2.21. The van der Waals surface area contributed by atoms with E-state index in [4.69, 9.17) is 9.47 Å². The third kappa shape index (κ3) is 5.38. The van der Waals surface area contributed by atoms with Gasteiger partial charge in [-0.1, -0.05) is 49.4 Å². The summed E-state index contributed by atoms with van der Waals surface area (Å²) in [5, 5.41) is -0.220. The minimum Gasteiger partial charge on any atom is -0.493 e. The number of rotatable bonds is 8. The largest absolute Gasteiger partial charge is 0.493 e. The summed E-state index contributed by atoms with van der Waals surface area (Å²) in [4.78, 5) is 11.6. The lowest BCUT2D eigenvalue weighted by Gasteiger charge is -2.15. The third-order valence-corrected chi connectivity index (χ3v) is 5.91. The predicted molar refractivity (Wildman–Crippen MR) is 111 cm³/mol. The molecule has 1 N–H and O–H groups in total. The van der Waals surface area contributed by atoms with Crippen molar-refractivity contribution in [2.45, 2.75) is 32.8 Å². The zero-order valence-corrected chi connectivity index (χ0v) is 17.3. The molecule has 2 aromatic carbocycles. The Morgan fingerprint density at radius 2 is 1.72 bits per heavy atom. The molecule has 0 saturated heterocycles. The summed E-state index contributed by atoms with van der Waals surface area (Å²) in [7, 11) is -3.98. The lowest BCUT2D eigenvalue weighted by atomic mass is 10.1. The molecule has 2 atom stereocenters. The summed E-state index contributed by atoms with van der Waals surface area (Å²) in [6, 6.07) is 17.8. The van der Waals surface area contributed by atoms with E-state index in [1.54, 1.807) is 13.8 Å². The van der Waals surface area contributed by atoms with Gasteiger partial charge < -0.3 is 9.47 Å². The molecular weight excluding hydrogens is 390 g/mol. The number of hydrogen-bond acceptors (Lipinski definition) is 5. The number of sulfonamides is 1. The number of ether oxygens (including phenoxy) is 2. The first-order chi connectivity index (χ1) is 13.9. The van der Waals surface area contributed by atoms with Crippen molar-refractivity contribution in [2.75, 3.05) is 6.61 Å². The summed E-state index contributed by atoms with van der Waals surface area (Å²) in [5.74, 6) is -0.0858. The fourth-order valence-corrected chi connectivity index (χ4v) is 4.14. The van der Waals surface area contributed by atoms with Crippen LogP contribution in [0.25, 0.3) is 11.1 Å². The standard InChI is InChI=1S/C22H25NO5S/c1-3-7-21(24)23-29(25,26)22-14-19(16(2)28-22)15-27-20-12-10-18(11-13-20)17-8-5-4-6-9-17/h4-6,8-14,16,19H,3,7,15H2,1-2H3,(H,23,24). The highest BCUT2D eigenvalue weighted by atomic mass is 32.2. The SMILES string of the molecule is CCCC(=O)NS(=O)(=O)C1=CC(COc2ccc(-c3ccccc3)cc2)C(C)O1. The fraction of sp³-hybridized carbons (Fsp3) is 0.318. The molecule has 0 aliphatic carbocycles. The van der Waals surface area contributed by atoms with E-state index in [1.165, 1.54) is 6.08 Å². The van der Waals surface area contributed by atoms with E-state index in [2.05, 4.69) is 0 Å². The molecule has 1 amide bonds. The molecule has 3 rings (SSSR count). The summed E-state index contributed by atoms with van der Waals surface area (Å²) in [6.45, 7) is 3.85. The Morgan fingerprint density at radius 3 is 2.38 bits per heavy atom. The van der Waals surface area contributed by atoms with Gasteiger partial charge >= 0.3 is 0 Å². The van der Waals surface area contributed by atoms with Gasteiger partial charge in [0, 0.05) is 6.42 Å². The Morgan fingerprint density at radius 1 is 1.07 bits per heavy atom. The van der Waals surface area contributed by atoms with E-state index in [0.29, 0.717) is 12.2 Å². The second-order valence-corrected chi connectivity index (χ2v) is 8.57. The first-order valence-electron chi connectivity index (χ1n) is 9.61. The summed E-state index contributed by atoms with van der Waals surface area (Å²) >= 11 is 0. The minimum atomic E-state index is -3.98. The molecule has 0 spiro atoms. The average molecular weight is 416 g/mol. The van der Waals surface area contributed by atoms with Gasteiger partial charge in [-0.25, -0.2) is 4.72 Å². The van der Waals surface area contributed by atoms with E-state index in [1.807, 2.05) is 59.3 Å². The Balaban J connectivity index is 1.61. The van der Waals surface area contributed by atoms with Crippen LogP contribution in [0.1, 0.15) is 26.7 Å². The maximum atomic E-state index is 12.3. The van der Waals surface area contributed by atoms with E-state index in [-0.39, 0.29) is 30.1 Å². The molecule has 0 fully saturated rings. The zero-order valence-electron chi connectivity index (χ0n) is 16.5. The molecular formula is C22H25NO5S. The molecule has 1 heterocycles. The van der Waals surface area contributed by atoms with Crippen molar-refractivity contribution in [3.8, 4) is 16.9 Å². The molecule has 7 heteroatoms. The minimum absolute atomic E-state index is 0.146. The fourth-order valence-electron chi connectivity index (χ4n) is 3.00. The van der Waals surface area contributed by atoms with Crippen molar-refractivity contribution in [1.82, 2.24) is 4.72 Å². The molecule has 1 aliphatic rings. The quantitative estimate of drug-likeness (QED) is 0.708. The van der Waals surface area contributed by atoms with E-state index in [9.17, 15) is 13.2 Å². The Kier molecular flexibility index (Phi) is 6.59. The van der Waals surface area contributed by atoms with Gasteiger partial charge in [-0.05, 0) is 42.7 Å². The van der Waals surface area contributed by atoms with Crippen molar-refractivity contribution in [2.24, 2.45) is 5.92 Å². The number of carbonyl (C=O) groups excluding carboxylic acids is 1. The van der Waals surface area contributed by atoms with E-state index >= 15 is 0 Å².